The van der Waals surface area contributed by atoms with Gasteiger partial charge >= 0.3 is 6.09 Å². The fourth-order valence-electron chi connectivity index (χ4n) is 1.84. The lowest BCUT2D eigenvalue weighted by atomic mass is 10.0. The number of halogens is 1. The smallest absolute Gasteiger partial charge is 0.407 e. The Labute approximate surface area is 108 Å². The quantitative estimate of drug-likeness (QED) is 0.933. The summed E-state index contributed by atoms with van der Waals surface area (Å²) in [7, 11) is 0. The van der Waals surface area contributed by atoms with Crippen molar-refractivity contribution in [2.45, 2.75) is 19.4 Å². The molecule has 17 heavy (non-hydrogen) atoms. The Morgan fingerprint density at radius 3 is 3.12 bits per heavy atom. The van der Waals surface area contributed by atoms with Crippen molar-refractivity contribution >= 4 is 22.0 Å². The number of amides is 1. The molecule has 4 nitrogen and oxygen atoms in total. The topological polar surface area (TPSA) is 47.6 Å². The number of hydrogen-bond donors (Lipinski definition) is 1. The van der Waals surface area contributed by atoms with E-state index in [0.717, 1.165) is 22.2 Å². The first kappa shape index (κ1) is 12.2. The lowest BCUT2D eigenvalue weighted by Crippen LogP contribution is -2.35. The van der Waals surface area contributed by atoms with Crippen LogP contribution >= 0.6 is 15.9 Å². The van der Waals surface area contributed by atoms with Crippen LogP contribution in [0.2, 0.25) is 0 Å². The van der Waals surface area contributed by atoms with Crippen molar-refractivity contribution in [3.05, 3.63) is 28.2 Å². The number of alkyl carbamates (subject to hydrolysis) is 1. The molecule has 0 bridgehead atoms. The second kappa shape index (κ2) is 5.40. The van der Waals surface area contributed by atoms with Crippen molar-refractivity contribution < 1.29 is 14.3 Å². The van der Waals surface area contributed by atoms with Gasteiger partial charge in [-0.05, 0) is 25.1 Å². The third kappa shape index (κ3) is 2.91. The second-order valence-corrected chi connectivity index (χ2v) is 4.65. The summed E-state index contributed by atoms with van der Waals surface area (Å²) in [5.41, 5.74) is 0.984. The largest absolute Gasteiger partial charge is 0.494 e. The Hall–Kier alpha value is -1.23. The minimum Gasteiger partial charge on any atom is -0.494 e. The number of ether oxygens (including phenoxy) is 2. The Morgan fingerprint density at radius 1 is 1.59 bits per heavy atom. The highest BCUT2D eigenvalue weighted by molar-refractivity contribution is 9.10. The number of rotatable bonds is 3. The molecule has 1 amide bonds. The molecule has 1 aromatic rings. The predicted octanol–water partition coefficient (Wildman–Crippen LogP) is 3.02. The van der Waals surface area contributed by atoms with Crippen LogP contribution in [0, 0.1) is 0 Å². The lowest BCUT2D eigenvalue weighted by Gasteiger charge is -2.25. The summed E-state index contributed by atoms with van der Waals surface area (Å²) in [4.78, 5) is 11.2. The molecular formula is C12H14BrNO3. The third-order valence-electron chi connectivity index (χ3n) is 2.58. The van der Waals surface area contributed by atoms with E-state index in [-0.39, 0.29) is 12.1 Å². The average molecular weight is 300 g/mol. The molecular weight excluding hydrogens is 286 g/mol. The van der Waals surface area contributed by atoms with Crippen LogP contribution in [-0.4, -0.2) is 19.3 Å². The molecule has 92 valence electrons. The first-order valence-electron chi connectivity index (χ1n) is 5.56. The SMILES string of the molecule is CCOc1ccc(Br)cc1[C@@H]1CCOC(=O)N1. The van der Waals surface area contributed by atoms with Crippen LogP contribution in [0.5, 0.6) is 5.75 Å². The third-order valence-corrected chi connectivity index (χ3v) is 3.07. The zero-order valence-corrected chi connectivity index (χ0v) is 11.1. The van der Waals surface area contributed by atoms with Crippen LogP contribution in [-0.2, 0) is 4.74 Å². The lowest BCUT2D eigenvalue weighted by molar-refractivity contribution is 0.115. The van der Waals surface area contributed by atoms with Crippen molar-refractivity contribution in [2.75, 3.05) is 13.2 Å². The van der Waals surface area contributed by atoms with Crippen LogP contribution < -0.4 is 10.1 Å². The Morgan fingerprint density at radius 2 is 2.41 bits per heavy atom. The summed E-state index contributed by atoms with van der Waals surface area (Å²) in [5, 5.41) is 2.80. The summed E-state index contributed by atoms with van der Waals surface area (Å²) in [5.74, 6) is 0.808. The molecule has 1 aliphatic heterocycles. The fraction of sp³-hybridized carbons (Fsp3) is 0.417. The number of hydrogen-bond acceptors (Lipinski definition) is 3. The first-order chi connectivity index (χ1) is 8.20. The van der Waals surface area contributed by atoms with Gasteiger partial charge in [0.25, 0.3) is 0 Å². The van der Waals surface area contributed by atoms with Gasteiger partial charge in [0.15, 0.2) is 0 Å². The fourth-order valence-corrected chi connectivity index (χ4v) is 2.22. The first-order valence-corrected chi connectivity index (χ1v) is 6.35. The van der Waals surface area contributed by atoms with Crippen molar-refractivity contribution in [1.82, 2.24) is 5.32 Å². The molecule has 0 unspecified atom stereocenters. The number of nitrogens with one attached hydrogen (secondary N) is 1. The monoisotopic (exact) mass is 299 g/mol. The van der Waals surface area contributed by atoms with Gasteiger partial charge in [-0.25, -0.2) is 4.79 Å². The molecule has 1 heterocycles. The average Bonchev–Trinajstić information content (AvgIpc) is 2.32. The highest BCUT2D eigenvalue weighted by Crippen LogP contribution is 2.31. The van der Waals surface area contributed by atoms with E-state index in [9.17, 15) is 4.79 Å². The Kier molecular flexibility index (Phi) is 3.89. The highest BCUT2D eigenvalue weighted by atomic mass is 79.9. The normalized spacial score (nSPS) is 19.4. The van der Waals surface area contributed by atoms with Gasteiger partial charge < -0.3 is 14.8 Å². The van der Waals surface area contributed by atoms with E-state index in [1.165, 1.54) is 0 Å². The molecule has 2 rings (SSSR count). The van der Waals surface area contributed by atoms with E-state index in [4.69, 9.17) is 9.47 Å². The molecule has 5 heteroatoms. The summed E-state index contributed by atoms with van der Waals surface area (Å²) in [6, 6.07) is 5.76. The van der Waals surface area contributed by atoms with Crippen LogP contribution in [0.3, 0.4) is 0 Å². The number of benzene rings is 1. The minimum absolute atomic E-state index is 0.0460. The van der Waals surface area contributed by atoms with Gasteiger partial charge in [0.05, 0.1) is 19.3 Å². The van der Waals surface area contributed by atoms with Gasteiger partial charge in [0, 0.05) is 16.5 Å². The number of cyclic esters (lactones) is 1. The molecule has 0 spiro atoms. The standard InChI is InChI=1S/C12H14BrNO3/c1-2-16-11-4-3-8(13)7-9(11)10-5-6-17-12(15)14-10/h3-4,7,10H,2,5-6H2,1H3,(H,14,15)/t10-/m0/s1. The van der Waals surface area contributed by atoms with Crippen molar-refractivity contribution in [3.8, 4) is 5.75 Å². The molecule has 0 radical (unpaired) electrons. The van der Waals surface area contributed by atoms with Crippen LogP contribution in [0.15, 0.2) is 22.7 Å². The molecule has 1 aromatic carbocycles. The molecule has 1 N–H and O–H groups in total. The zero-order valence-electron chi connectivity index (χ0n) is 9.53. The van der Waals surface area contributed by atoms with Crippen LogP contribution in [0.4, 0.5) is 4.79 Å². The van der Waals surface area contributed by atoms with Gasteiger partial charge in [-0.15, -0.1) is 0 Å². The zero-order chi connectivity index (χ0) is 12.3. The summed E-state index contributed by atoms with van der Waals surface area (Å²) in [6.07, 6.45) is 0.381. The van der Waals surface area contributed by atoms with Gasteiger partial charge in [0.2, 0.25) is 0 Å². The molecule has 0 aromatic heterocycles. The molecule has 0 aliphatic carbocycles. The van der Waals surface area contributed by atoms with Gasteiger partial charge in [0.1, 0.15) is 5.75 Å². The van der Waals surface area contributed by atoms with E-state index < -0.39 is 0 Å². The van der Waals surface area contributed by atoms with Gasteiger partial charge in [-0.3, -0.25) is 0 Å². The maximum absolute atomic E-state index is 11.2. The predicted molar refractivity (Wildman–Crippen MR) is 67.2 cm³/mol. The number of carbonyl (C=O) groups is 1. The van der Waals surface area contributed by atoms with Gasteiger partial charge in [-0.2, -0.15) is 0 Å². The Bertz CT molecular complexity index is 422. The van der Waals surface area contributed by atoms with Crippen molar-refractivity contribution in [1.29, 1.82) is 0 Å². The second-order valence-electron chi connectivity index (χ2n) is 3.74. The minimum atomic E-state index is -0.372. The summed E-state index contributed by atoms with van der Waals surface area (Å²) < 4.78 is 11.4. The van der Waals surface area contributed by atoms with E-state index in [1.807, 2.05) is 25.1 Å². The van der Waals surface area contributed by atoms with Crippen molar-refractivity contribution in [3.63, 3.8) is 0 Å². The van der Waals surface area contributed by atoms with Crippen molar-refractivity contribution in [2.24, 2.45) is 0 Å². The van der Waals surface area contributed by atoms with E-state index in [2.05, 4.69) is 21.2 Å². The maximum atomic E-state index is 11.2. The van der Waals surface area contributed by atoms with Crippen LogP contribution in [0.1, 0.15) is 24.9 Å². The number of carbonyl (C=O) groups excluding carboxylic acids is 1. The van der Waals surface area contributed by atoms with E-state index in [0.29, 0.717) is 13.2 Å². The molecule has 1 fully saturated rings. The van der Waals surface area contributed by atoms with E-state index in [1.54, 1.807) is 0 Å². The highest BCUT2D eigenvalue weighted by Gasteiger charge is 2.23. The van der Waals surface area contributed by atoms with Crippen LogP contribution in [0.25, 0.3) is 0 Å². The molecule has 1 atom stereocenters. The van der Waals surface area contributed by atoms with E-state index >= 15 is 0 Å². The summed E-state index contributed by atoms with van der Waals surface area (Å²) >= 11 is 3.43. The summed E-state index contributed by atoms with van der Waals surface area (Å²) in [6.45, 7) is 2.98. The van der Waals surface area contributed by atoms with Gasteiger partial charge in [-0.1, -0.05) is 15.9 Å². The molecule has 1 aliphatic rings. The molecule has 1 saturated heterocycles. The molecule has 0 saturated carbocycles. The Balaban J connectivity index is 2.28. The maximum Gasteiger partial charge on any atom is 0.407 e.